The van der Waals surface area contributed by atoms with Crippen molar-refractivity contribution in [2.45, 2.75) is 124 Å². The molecule has 388 valence electrons. The van der Waals surface area contributed by atoms with Gasteiger partial charge in [0.2, 0.25) is 11.7 Å². The average Bonchev–Trinajstić information content (AvgIpc) is 3.63. The van der Waals surface area contributed by atoms with Gasteiger partial charge in [0.15, 0.2) is 0 Å². The molecule has 2 aromatic heterocycles. The second kappa shape index (κ2) is 21.8. The van der Waals surface area contributed by atoms with Crippen LogP contribution in [-0.4, -0.2) is 142 Å². The van der Waals surface area contributed by atoms with Crippen LogP contribution in [0.5, 0.6) is 0 Å². The number of aryl methyl sites for hydroxylation is 1. The van der Waals surface area contributed by atoms with Crippen LogP contribution in [0.4, 0.5) is 0 Å². The van der Waals surface area contributed by atoms with Gasteiger partial charge in [-0.05, 0) is 119 Å². The number of likely N-dealkylation sites (tertiary alicyclic amines) is 1. The first kappa shape index (κ1) is 54.1. The number of carbonyl (C=O) groups is 4. The lowest BCUT2D eigenvalue weighted by Crippen LogP contribution is -2.66. The van der Waals surface area contributed by atoms with Crippen LogP contribution in [0, 0.1) is 29.1 Å². The number of cyclic esters (lactones) is 1. The monoisotopic (exact) mass is 990 g/mol. The number of carbonyl (C=O) groups excluding carboxylic acids is 4. The van der Waals surface area contributed by atoms with Gasteiger partial charge in [0.25, 0.3) is 11.8 Å². The quantitative estimate of drug-likeness (QED) is 0.0756. The normalized spacial score (nSPS) is 21.1. The van der Waals surface area contributed by atoms with Crippen molar-refractivity contribution in [1.29, 1.82) is 0 Å². The Morgan fingerprint density at radius 3 is 2.49 bits per heavy atom. The summed E-state index contributed by atoms with van der Waals surface area (Å²) in [6.07, 6.45) is 3.00. The number of amides is 3. The number of nitrogens with zero attached hydrogens (tertiary/aromatic N) is 5. The molecule has 7 rings (SSSR count). The molecular weight excluding hydrogens is 915 g/mol. The van der Waals surface area contributed by atoms with E-state index in [0.717, 1.165) is 44.4 Å². The van der Waals surface area contributed by atoms with Crippen molar-refractivity contribution < 1.29 is 43.6 Å². The number of aromatic nitrogens is 2. The van der Waals surface area contributed by atoms with Crippen molar-refractivity contribution in [2.24, 2.45) is 17.3 Å². The van der Waals surface area contributed by atoms with E-state index in [1.807, 2.05) is 70.0 Å². The van der Waals surface area contributed by atoms with Crippen LogP contribution in [0.1, 0.15) is 92.0 Å². The number of benzene rings is 2. The maximum absolute atomic E-state index is 15.0. The van der Waals surface area contributed by atoms with Gasteiger partial charge in [-0.15, -0.1) is 0 Å². The minimum Gasteiger partial charge on any atom is -0.464 e. The van der Waals surface area contributed by atoms with E-state index in [2.05, 4.69) is 77.2 Å². The molecule has 2 aromatic carbocycles. The number of hydrogen-bond donors (Lipinski definition) is 4. The molecule has 5 heterocycles. The number of aliphatic hydroxyl groups is 2. The third kappa shape index (κ3) is 11.7. The summed E-state index contributed by atoms with van der Waals surface area (Å²) in [5.74, 6) is 1.78. The number of nitrogens with one attached hydrogen (secondary N) is 2. The van der Waals surface area contributed by atoms with Crippen LogP contribution in [0.2, 0.25) is 0 Å². The Labute approximate surface area is 424 Å². The number of hydrazine groups is 1. The van der Waals surface area contributed by atoms with Crippen LogP contribution in [0.25, 0.3) is 33.3 Å². The topological polar surface area (TPSA) is 188 Å². The lowest BCUT2D eigenvalue weighted by atomic mass is 9.84. The molecule has 2 saturated heterocycles. The van der Waals surface area contributed by atoms with E-state index in [9.17, 15) is 24.6 Å². The molecule has 72 heavy (non-hydrogen) atoms. The highest BCUT2D eigenvalue weighted by atomic mass is 16.6. The number of rotatable bonds is 13. The van der Waals surface area contributed by atoms with Gasteiger partial charge in [0, 0.05) is 74.3 Å². The third-order valence-corrected chi connectivity index (χ3v) is 14.7. The van der Waals surface area contributed by atoms with Crippen molar-refractivity contribution in [1.82, 2.24) is 35.1 Å². The molecule has 2 fully saturated rings. The molecule has 1 unspecified atom stereocenters. The van der Waals surface area contributed by atoms with Gasteiger partial charge in [0.05, 0.1) is 43.1 Å². The standard InChI is InChI=1S/C56H75N7O9/c1-12-62-46-21-20-39-29-42(46)43(48(62)41-18-14-24-57-49(41)56(9,69)70-11)31-53(4,5)35-72-51(67)45-19-15-25-63(59-45)52(68)55(8,30-37-16-13-17-38(39)28-37)58-50(66)44(36(2)3)34-71-40-32-61(33-40)47(65)22-23-54(6,7)60(10)26-27-64/h13-14,16-18,20-21,24,28-29,36,40,44-45,59,64,69H,12,15,19,25-27,30-35H2,1-11H3,(H,58,66)/t44-,45-,55-,56?/m0/s1. The van der Waals surface area contributed by atoms with Crippen molar-refractivity contribution in [3.63, 3.8) is 0 Å². The molecular formula is C56H75N7O9. The third-order valence-electron chi connectivity index (χ3n) is 14.7. The van der Waals surface area contributed by atoms with Gasteiger partial charge in [0.1, 0.15) is 17.3 Å². The lowest BCUT2D eigenvalue weighted by molar-refractivity contribution is -0.181. The Hall–Kier alpha value is -5.67. The maximum Gasteiger partial charge on any atom is 0.324 e. The van der Waals surface area contributed by atoms with Gasteiger partial charge in [-0.1, -0.05) is 63.9 Å². The summed E-state index contributed by atoms with van der Waals surface area (Å²) in [4.78, 5) is 64.7. The first-order valence-electron chi connectivity index (χ1n) is 25.3. The molecule has 16 heteroatoms. The molecule has 3 aliphatic rings. The van der Waals surface area contributed by atoms with E-state index in [1.54, 1.807) is 24.9 Å². The van der Waals surface area contributed by atoms with Crippen LogP contribution in [0.3, 0.4) is 0 Å². The van der Waals surface area contributed by atoms with Crippen molar-refractivity contribution >= 4 is 34.6 Å². The Kier molecular flexibility index (Phi) is 16.4. The summed E-state index contributed by atoms with van der Waals surface area (Å²) >= 11 is 0. The van der Waals surface area contributed by atoms with Crippen LogP contribution in [-0.2, 0) is 58.6 Å². The second-order valence-corrected chi connectivity index (χ2v) is 21.8. The zero-order valence-electron chi connectivity index (χ0n) is 44.1. The van der Waals surface area contributed by atoms with E-state index in [1.165, 1.54) is 12.1 Å². The zero-order valence-corrected chi connectivity index (χ0v) is 44.1. The number of aliphatic hydroxyl groups excluding tert-OH is 1. The number of esters is 1. The number of pyridine rings is 1. The molecule has 3 aliphatic heterocycles. The van der Waals surface area contributed by atoms with Crippen molar-refractivity contribution in [3.8, 4) is 34.2 Å². The van der Waals surface area contributed by atoms with E-state index >= 15 is 4.79 Å². The minimum atomic E-state index is -1.68. The Bertz CT molecular complexity index is 2710. The van der Waals surface area contributed by atoms with Crippen molar-refractivity contribution in [2.75, 3.05) is 60.2 Å². The highest BCUT2D eigenvalue weighted by Crippen LogP contribution is 2.42. The summed E-state index contributed by atoms with van der Waals surface area (Å²) in [6.45, 7) is 19.4. The van der Waals surface area contributed by atoms with E-state index in [4.69, 9.17) is 14.2 Å². The Balaban J connectivity index is 1.21. The summed E-state index contributed by atoms with van der Waals surface area (Å²) in [7, 11) is 3.30. The number of fused-ring (bicyclic) bond motifs is 6. The lowest BCUT2D eigenvalue weighted by Gasteiger charge is -2.41. The Morgan fingerprint density at radius 2 is 1.79 bits per heavy atom. The fourth-order valence-corrected chi connectivity index (χ4v) is 9.92. The summed E-state index contributed by atoms with van der Waals surface area (Å²) < 4.78 is 20.2. The molecule has 3 amide bonds. The van der Waals surface area contributed by atoms with E-state index in [-0.39, 0.29) is 56.0 Å². The number of likely N-dealkylation sites (N-methyl/N-ethyl adjacent to an activating group) is 1. The van der Waals surface area contributed by atoms with E-state index in [0.29, 0.717) is 57.7 Å². The molecule has 6 bridgehead atoms. The predicted octanol–water partition coefficient (Wildman–Crippen LogP) is 5.45. The average molecular weight is 990 g/mol. The second-order valence-electron chi connectivity index (χ2n) is 21.8. The molecule has 4 aromatic rings. The van der Waals surface area contributed by atoms with Gasteiger partial charge in [-0.3, -0.25) is 34.1 Å². The summed E-state index contributed by atoms with van der Waals surface area (Å²) in [5, 5.41) is 26.5. The highest BCUT2D eigenvalue weighted by Gasteiger charge is 2.44. The number of methoxy groups -OCH3 is 1. The molecule has 4 N–H and O–H groups in total. The first-order chi connectivity index (χ1) is 34.0. The first-order valence-corrected chi connectivity index (χ1v) is 25.3. The summed E-state index contributed by atoms with van der Waals surface area (Å²) in [5.41, 5.74) is 7.22. The molecule has 0 aliphatic carbocycles. The van der Waals surface area contributed by atoms with E-state index < -0.39 is 40.2 Å². The molecule has 0 radical (unpaired) electrons. The fourth-order valence-electron chi connectivity index (χ4n) is 9.92. The van der Waals surface area contributed by atoms with Gasteiger partial charge in [-0.2, -0.15) is 0 Å². The molecule has 16 nitrogen and oxygen atoms in total. The predicted molar refractivity (Wildman–Crippen MR) is 276 cm³/mol. The van der Waals surface area contributed by atoms with Crippen LogP contribution in [0.15, 0.2) is 60.8 Å². The SMILES string of the molecule is CCn1c(-c2cccnc2C(C)(O)OC)c2c3cc(ccc31)-c1cccc(c1)C[C@](C)(NC(=O)[C@@H](COC1CN(C(=O)C#CC(C)(C)N(C)CCO)C1)C(C)C)C(=O)N1CCC[C@H](N1)C(=O)OCC(C)(C)C2. The molecule has 0 saturated carbocycles. The van der Waals surface area contributed by atoms with Crippen LogP contribution >= 0.6 is 0 Å². The fraction of sp³-hybridized carbons (Fsp3) is 0.554. The van der Waals surface area contributed by atoms with Crippen molar-refractivity contribution in [3.05, 3.63) is 77.6 Å². The van der Waals surface area contributed by atoms with Gasteiger partial charge >= 0.3 is 5.97 Å². The van der Waals surface area contributed by atoms with Gasteiger partial charge < -0.3 is 39.2 Å². The smallest absolute Gasteiger partial charge is 0.324 e. The Morgan fingerprint density at radius 1 is 1.06 bits per heavy atom. The largest absolute Gasteiger partial charge is 0.464 e. The van der Waals surface area contributed by atoms with Crippen LogP contribution < -0.4 is 10.7 Å². The zero-order chi connectivity index (χ0) is 52.3. The summed E-state index contributed by atoms with van der Waals surface area (Å²) in [6, 6.07) is 17.4. The number of β-amino-alcohol motifs (C(OH)–C–C–N with tert-alkyl or cyclic N) is 1. The highest BCUT2D eigenvalue weighted by molar-refractivity contribution is 5.96. The van der Waals surface area contributed by atoms with Gasteiger partial charge in [-0.25, -0.2) is 5.43 Å². The number of hydrogen-bond acceptors (Lipinski definition) is 12. The minimum absolute atomic E-state index is 0.0125. The maximum atomic E-state index is 15.0. The number of ether oxygens (including phenoxy) is 3. The molecule has 4 atom stereocenters. The molecule has 0 spiro atoms.